The third-order valence-corrected chi connectivity index (χ3v) is 19.8. The molecular weight excluding hydrogens is 865 g/mol. The number of aliphatic hydroxyl groups excluding tert-OH is 10. The monoisotopic (exact) mass is 941 g/mol. The van der Waals surface area contributed by atoms with Gasteiger partial charge in [0.1, 0.15) is 72.9 Å². The summed E-state index contributed by atoms with van der Waals surface area (Å²) in [5.74, 6) is 0.337. The third kappa shape index (κ3) is 6.93. The summed E-state index contributed by atoms with van der Waals surface area (Å²) >= 11 is 0. The maximum absolute atomic E-state index is 14.6. The molecule has 25 atom stereocenters. The van der Waals surface area contributed by atoms with Crippen LogP contribution < -0.4 is 0 Å². The largest absolute Gasteiger partial charge is 0.396 e. The highest BCUT2D eigenvalue weighted by Crippen LogP contribution is 2.78. The lowest BCUT2D eigenvalue weighted by Crippen LogP contribution is -2.72. The maximum Gasteiger partial charge on any atom is 0.187 e. The minimum absolute atomic E-state index is 0.0204. The highest BCUT2D eigenvalue weighted by atomic mass is 16.8. The molecule has 0 aromatic heterocycles. The Bertz CT molecular complexity index is 1850. The average Bonchev–Trinajstić information content (AvgIpc) is 3.55. The molecule has 5 aliphatic carbocycles. The van der Waals surface area contributed by atoms with Crippen molar-refractivity contribution in [3.05, 3.63) is 12.2 Å². The molecule has 4 saturated heterocycles. The van der Waals surface area contributed by atoms with E-state index in [2.05, 4.69) is 46.8 Å². The van der Waals surface area contributed by atoms with Gasteiger partial charge in [-0.15, -0.1) is 0 Å². The summed E-state index contributed by atoms with van der Waals surface area (Å²) in [6.45, 7) is 13.8. The summed E-state index contributed by atoms with van der Waals surface area (Å²) in [4.78, 5) is 14.6. The van der Waals surface area contributed by atoms with E-state index in [0.29, 0.717) is 38.1 Å². The summed E-state index contributed by atoms with van der Waals surface area (Å²) in [7, 11) is 0. The van der Waals surface area contributed by atoms with Gasteiger partial charge in [0.15, 0.2) is 18.9 Å². The fourth-order valence-corrected chi connectivity index (χ4v) is 15.5. The lowest BCUT2D eigenvalue weighted by molar-refractivity contribution is -0.398. The van der Waals surface area contributed by atoms with Crippen LogP contribution in [0.25, 0.3) is 0 Å². The Morgan fingerprint density at radius 1 is 0.667 bits per heavy atom. The maximum atomic E-state index is 14.6. The van der Waals surface area contributed by atoms with Crippen molar-refractivity contribution in [1.82, 2.24) is 0 Å². The normalized spacial score (nSPS) is 57.7. The molecule has 8 fully saturated rings. The van der Waals surface area contributed by atoms with Gasteiger partial charge < -0.3 is 84.2 Å². The fourth-order valence-electron chi connectivity index (χ4n) is 15.5. The number of hydrogen-bond acceptors (Lipinski definition) is 18. The van der Waals surface area contributed by atoms with Gasteiger partial charge in [0.25, 0.3) is 0 Å². The van der Waals surface area contributed by atoms with Crippen LogP contribution in [0.5, 0.6) is 0 Å². The van der Waals surface area contributed by atoms with E-state index in [-0.39, 0.29) is 40.6 Å². The van der Waals surface area contributed by atoms with Crippen LogP contribution in [-0.2, 0) is 38.0 Å². The summed E-state index contributed by atoms with van der Waals surface area (Å²) in [5, 5.41) is 108. The van der Waals surface area contributed by atoms with Gasteiger partial charge in [-0.2, -0.15) is 0 Å². The van der Waals surface area contributed by atoms with Gasteiger partial charge in [0, 0.05) is 23.2 Å². The molecule has 0 aromatic rings. The van der Waals surface area contributed by atoms with E-state index < -0.39 is 133 Å². The SMILES string of the molecule is CC1OC(OC2CCC3(C)C(CCC4(C)C3C=CC35OCC6(CCC(C)(C)CC63)C(=O)CC45C)C2(C)CO)C(OC2OC(CO)C(O)C(O)C2O)C(OC2OC(CO)C(O)C(O)C2O)C1O. The van der Waals surface area contributed by atoms with Crippen molar-refractivity contribution in [1.29, 1.82) is 0 Å². The van der Waals surface area contributed by atoms with E-state index in [0.717, 1.165) is 25.7 Å². The highest BCUT2D eigenvalue weighted by Gasteiger charge is 2.79. The predicted octanol–water partition coefficient (Wildman–Crippen LogP) is -0.191. The van der Waals surface area contributed by atoms with Crippen LogP contribution >= 0.6 is 0 Å². The van der Waals surface area contributed by atoms with Crippen LogP contribution in [0.1, 0.15) is 99.8 Å². The van der Waals surface area contributed by atoms with E-state index in [1.807, 2.05) is 6.92 Å². The second-order valence-corrected chi connectivity index (χ2v) is 23.6. The van der Waals surface area contributed by atoms with Crippen molar-refractivity contribution in [2.45, 2.75) is 204 Å². The lowest BCUT2D eigenvalue weighted by atomic mass is 9.32. The Labute approximate surface area is 386 Å². The number of rotatable bonds is 9. The van der Waals surface area contributed by atoms with Crippen LogP contribution in [0.4, 0.5) is 0 Å². The number of Topliss-reactive ketones (excluding diaryl/α,β-unsaturated/α-hetero) is 1. The van der Waals surface area contributed by atoms with Crippen LogP contribution in [0.15, 0.2) is 12.2 Å². The molecule has 9 rings (SSSR count). The first kappa shape index (κ1) is 49.7. The molecule has 4 saturated carbocycles. The van der Waals surface area contributed by atoms with Gasteiger partial charge in [-0.25, -0.2) is 0 Å². The minimum Gasteiger partial charge on any atom is -0.396 e. The van der Waals surface area contributed by atoms with Gasteiger partial charge in [-0.05, 0) is 80.0 Å². The number of carbonyl (C=O) groups is 1. The molecule has 0 amide bonds. The molecule has 25 unspecified atom stereocenters. The first-order valence-corrected chi connectivity index (χ1v) is 24.3. The Hall–Kier alpha value is -1.27. The molecule has 9 aliphatic rings. The summed E-state index contributed by atoms with van der Waals surface area (Å²) in [6, 6.07) is 0. The molecular formula is C48H76O18. The zero-order valence-corrected chi connectivity index (χ0v) is 39.3. The molecule has 0 aromatic carbocycles. The van der Waals surface area contributed by atoms with E-state index in [4.69, 9.17) is 33.2 Å². The number of hydrogen-bond donors (Lipinski definition) is 10. The predicted molar refractivity (Wildman–Crippen MR) is 228 cm³/mol. The zero-order chi connectivity index (χ0) is 47.9. The van der Waals surface area contributed by atoms with Gasteiger partial charge in [-0.3, -0.25) is 4.79 Å². The first-order valence-electron chi connectivity index (χ1n) is 24.3. The van der Waals surface area contributed by atoms with E-state index in [1.165, 1.54) is 0 Å². The summed E-state index contributed by atoms with van der Waals surface area (Å²) in [6.07, 6.45) is -14.5. The summed E-state index contributed by atoms with van der Waals surface area (Å²) in [5.41, 5.74) is -3.02. The molecule has 0 radical (unpaired) electrons. The first-order chi connectivity index (χ1) is 30.9. The molecule has 18 nitrogen and oxygen atoms in total. The smallest absolute Gasteiger partial charge is 0.187 e. The van der Waals surface area contributed by atoms with Crippen molar-refractivity contribution in [2.24, 2.45) is 50.2 Å². The van der Waals surface area contributed by atoms with Crippen LogP contribution in [0.3, 0.4) is 0 Å². The number of fused-ring (bicyclic) bond motifs is 4. The fraction of sp³-hybridized carbons (Fsp3) is 0.938. The van der Waals surface area contributed by atoms with Crippen molar-refractivity contribution in [3.8, 4) is 0 Å². The molecule has 66 heavy (non-hydrogen) atoms. The van der Waals surface area contributed by atoms with Crippen molar-refractivity contribution in [3.63, 3.8) is 0 Å². The van der Waals surface area contributed by atoms with Crippen molar-refractivity contribution >= 4 is 5.78 Å². The quantitative estimate of drug-likeness (QED) is 0.106. The minimum atomic E-state index is -1.89. The Kier molecular flexibility index (Phi) is 12.7. The molecule has 4 heterocycles. The topological polar surface area (TPSA) is 284 Å². The number of ketones is 1. The van der Waals surface area contributed by atoms with Crippen molar-refractivity contribution < 1.29 is 89.0 Å². The second kappa shape index (κ2) is 16.9. The number of ether oxygens (including phenoxy) is 7. The standard InChI is InChI=1S/C48H76O18/c1-22-30(53)37(65-39-35(58)33(56)31(54)23(18-49)62-39)38(66-40-36(59)34(57)32(55)24(19-50)63-40)41(61-22)64-29-10-11-43(4)25(44(29,5)20-51)8-12-45(6)26(43)9-13-48-27-16-42(2,3)14-15-47(27,21-60-48)28(52)17-46(45,48)7/h9,13,22-27,29-41,49-51,53-59H,8,10-12,14-21H2,1-7H3. The Morgan fingerprint density at radius 3 is 1.86 bits per heavy atom. The highest BCUT2D eigenvalue weighted by molar-refractivity contribution is 5.89. The molecule has 1 spiro atoms. The Morgan fingerprint density at radius 2 is 1.27 bits per heavy atom. The van der Waals surface area contributed by atoms with E-state index in [9.17, 15) is 55.9 Å². The number of allylic oxidation sites excluding steroid dienone is 1. The van der Waals surface area contributed by atoms with E-state index >= 15 is 0 Å². The van der Waals surface area contributed by atoms with Crippen LogP contribution in [-0.4, -0.2) is 187 Å². The summed E-state index contributed by atoms with van der Waals surface area (Å²) < 4.78 is 44.3. The third-order valence-electron chi connectivity index (χ3n) is 19.8. The van der Waals surface area contributed by atoms with Crippen molar-refractivity contribution in [2.75, 3.05) is 26.4 Å². The lowest BCUT2D eigenvalue weighted by Gasteiger charge is -2.72. The van der Waals surface area contributed by atoms with Gasteiger partial charge in [0.2, 0.25) is 0 Å². The Balaban J connectivity index is 1.03. The number of carbonyl (C=O) groups excluding carboxylic acids is 1. The second-order valence-electron chi connectivity index (χ2n) is 23.6. The molecule has 10 N–H and O–H groups in total. The van der Waals surface area contributed by atoms with Gasteiger partial charge in [0.05, 0.1) is 49.7 Å². The van der Waals surface area contributed by atoms with E-state index in [1.54, 1.807) is 6.92 Å². The molecule has 18 heteroatoms. The zero-order valence-electron chi connectivity index (χ0n) is 39.3. The van der Waals surface area contributed by atoms with Crippen LogP contribution in [0.2, 0.25) is 0 Å². The molecule has 4 aliphatic heterocycles. The van der Waals surface area contributed by atoms with Gasteiger partial charge in [-0.1, -0.05) is 53.7 Å². The molecule has 376 valence electrons. The van der Waals surface area contributed by atoms with Crippen LogP contribution in [0, 0.1) is 50.2 Å². The average molecular weight is 941 g/mol. The molecule has 2 bridgehead atoms. The number of aliphatic hydroxyl groups is 10. The van der Waals surface area contributed by atoms with Gasteiger partial charge >= 0.3 is 0 Å².